The van der Waals surface area contributed by atoms with Gasteiger partial charge in [0.15, 0.2) is 0 Å². The maximum absolute atomic E-state index is 5.83. The Morgan fingerprint density at radius 1 is 1.47 bits per heavy atom. The third-order valence-electron chi connectivity index (χ3n) is 4.04. The van der Waals surface area contributed by atoms with Crippen LogP contribution in [-0.2, 0) is 11.3 Å². The lowest BCUT2D eigenvalue weighted by Gasteiger charge is -2.33. The van der Waals surface area contributed by atoms with Crippen molar-refractivity contribution < 1.29 is 4.74 Å². The van der Waals surface area contributed by atoms with Crippen LogP contribution in [0.25, 0.3) is 0 Å². The van der Waals surface area contributed by atoms with Crippen molar-refractivity contribution in [1.29, 1.82) is 0 Å². The molecule has 0 aromatic carbocycles. The Morgan fingerprint density at radius 2 is 2.37 bits per heavy atom. The van der Waals surface area contributed by atoms with Gasteiger partial charge in [-0.1, -0.05) is 6.07 Å². The molecule has 1 aliphatic heterocycles. The molecule has 2 aliphatic rings. The van der Waals surface area contributed by atoms with Crippen LogP contribution >= 0.6 is 0 Å². The molecule has 4 nitrogen and oxygen atoms in total. The van der Waals surface area contributed by atoms with Crippen molar-refractivity contribution in [2.75, 3.05) is 26.2 Å². The smallest absolute Gasteiger partial charge is 0.0826 e. The average Bonchev–Trinajstić information content (AvgIpc) is 3.26. The molecule has 0 amide bonds. The number of ether oxygens (including phenoxy) is 1. The highest BCUT2D eigenvalue weighted by molar-refractivity contribution is 5.17. The van der Waals surface area contributed by atoms with Crippen molar-refractivity contribution in [1.82, 2.24) is 15.2 Å². The van der Waals surface area contributed by atoms with E-state index < -0.39 is 0 Å². The molecular formula is C15H23N3O. The first kappa shape index (κ1) is 13.0. The fraction of sp³-hybridized carbons (Fsp3) is 0.667. The van der Waals surface area contributed by atoms with Gasteiger partial charge < -0.3 is 10.1 Å². The van der Waals surface area contributed by atoms with Crippen LogP contribution in [0.2, 0.25) is 0 Å². The predicted molar refractivity (Wildman–Crippen MR) is 75.0 cm³/mol. The van der Waals surface area contributed by atoms with Gasteiger partial charge in [0.1, 0.15) is 0 Å². The summed E-state index contributed by atoms with van der Waals surface area (Å²) in [6.45, 7) is 6.95. The molecule has 1 aliphatic carbocycles. The number of hydrogen-bond acceptors (Lipinski definition) is 4. The van der Waals surface area contributed by atoms with Gasteiger partial charge in [0.05, 0.1) is 12.7 Å². The number of nitrogens with zero attached hydrogens (tertiary/aromatic N) is 2. The van der Waals surface area contributed by atoms with E-state index in [9.17, 15) is 0 Å². The van der Waals surface area contributed by atoms with E-state index in [2.05, 4.69) is 28.2 Å². The minimum Gasteiger partial charge on any atom is -0.374 e. The summed E-state index contributed by atoms with van der Waals surface area (Å²) in [5.41, 5.74) is 2.39. The molecule has 0 bridgehead atoms. The van der Waals surface area contributed by atoms with Crippen molar-refractivity contribution in [3.63, 3.8) is 0 Å². The summed E-state index contributed by atoms with van der Waals surface area (Å²) >= 11 is 0. The van der Waals surface area contributed by atoms with E-state index in [0.29, 0.717) is 6.10 Å². The largest absolute Gasteiger partial charge is 0.374 e. The molecule has 4 heteroatoms. The molecule has 3 rings (SSSR count). The minimum atomic E-state index is 0.339. The Morgan fingerprint density at radius 3 is 3.16 bits per heavy atom. The number of rotatable bonds is 5. The van der Waals surface area contributed by atoms with Crippen LogP contribution in [0.15, 0.2) is 18.3 Å². The molecule has 19 heavy (non-hydrogen) atoms. The first-order valence-electron chi connectivity index (χ1n) is 7.30. The molecule has 104 valence electrons. The van der Waals surface area contributed by atoms with Crippen LogP contribution in [0.5, 0.6) is 0 Å². The van der Waals surface area contributed by atoms with E-state index in [0.717, 1.165) is 44.5 Å². The summed E-state index contributed by atoms with van der Waals surface area (Å²) in [6.07, 6.45) is 4.95. The lowest BCUT2D eigenvalue weighted by molar-refractivity contribution is -0.0301. The van der Waals surface area contributed by atoms with Crippen LogP contribution < -0.4 is 5.32 Å². The average molecular weight is 261 g/mol. The van der Waals surface area contributed by atoms with Gasteiger partial charge in [0, 0.05) is 44.1 Å². The summed E-state index contributed by atoms with van der Waals surface area (Å²) in [5, 5.41) is 3.50. The van der Waals surface area contributed by atoms with Gasteiger partial charge in [0.2, 0.25) is 0 Å². The van der Waals surface area contributed by atoms with E-state index in [1.807, 2.05) is 12.3 Å². The van der Waals surface area contributed by atoms with Gasteiger partial charge in [-0.15, -0.1) is 0 Å². The summed E-state index contributed by atoms with van der Waals surface area (Å²) in [5.74, 6) is 0. The maximum Gasteiger partial charge on any atom is 0.0826 e. The summed E-state index contributed by atoms with van der Waals surface area (Å²) < 4.78 is 5.83. The second-order valence-corrected chi connectivity index (χ2v) is 5.60. The number of aromatic nitrogens is 1. The zero-order valence-electron chi connectivity index (χ0n) is 11.6. The molecule has 1 saturated heterocycles. The van der Waals surface area contributed by atoms with Crippen molar-refractivity contribution in [2.45, 2.75) is 38.5 Å². The first-order valence-corrected chi connectivity index (χ1v) is 7.30. The summed E-state index contributed by atoms with van der Waals surface area (Å²) in [6, 6.07) is 4.98. The van der Waals surface area contributed by atoms with Crippen molar-refractivity contribution in [3.8, 4) is 0 Å². The molecule has 1 unspecified atom stereocenters. The number of hydrogen-bond donors (Lipinski definition) is 1. The monoisotopic (exact) mass is 261 g/mol. The van der Waals surface area contributed by atoms with Gasteiger partial charge in [0.25, 0.3) is 0 Å². The molecule has 0 radical (unpaired) electrons. The quantitative estimate of drug-likeness (QED) is 0.868. The molecule has 2 heterocycles. The Bertz CT molecular complexity index is 420. The van der Waals surface area contributed by atoms with Crippen LogP contribution in [-0.4, -0.2) is 48.3 Å². The third kappa shape index (κ3) is 3.53. The van der Waals surface area contributed by atoms with Gasteiger partial charge in [-0.25, -0.2) is 0 Å². The molecule has 1 saturated carbocycles. The van der Waals surface area contributed by atoms with Gasteiger partial charge in [-0.2, -0.15) is 0 Å². The third-order valence-corrected chi connectivity index (χ3v) is 4.04. The van der Waals surface area contributed by atoms with Crippen LogP contribution in [0.1, 0.15) is 24.1 Å². The minimum absolute atomic E-state index is 0.339. The summed E-state index contributed by atoms with van der Waals surface area (Å²) in [7, 11) is 0. The van der Waals surface area contributed by atoms with E-state index in [-0.39, 0.29) is 0 Å². The fourth-order valence-electron chi connectivity index (χ4n) is 2.71. The second-order valence-electron chi connectivity index (χ2n) is 5.60. The Labute approximate surface area is 115 Å². The zero-order valence-corrected chi connectivity index (χ0v) is 11.6. The van der Waals surface area contributed by atoms with E-state index >= 15 is 0 Å². The van der Waals surface area contributed by atoms with Crippen LogP contribution in [0.4, 0.5) is 0 Å². The van der Waals surface area contributed by atoms with Crippen LogP contribution in [0.3, 0.4) is 0 Å². The fourth-order valence-corrected chi connectivity index (χ4v) is 2.71. The SMILES string of the molecule is Cc1ncccc1CNCC1CN(C2CC2)CCO1. The number of nitrogens with one attached hydrogen (secondary N) is 1. The topological polar surface area (TPSA) is 37.4 Å². The molecule has 1 aromatic rings. The zero-order chi connectivity index (χ0) is 13.1. The van der Waals surface area contributed by atoms with Gasteiger partial charge >= 0.3 is 0 Å². The Hall–Kier alpha value is -0.970. The van der Waals surface area contributed by atoms with E-state index in [4.69, 9.17) is 4.74 Å². The molecular weight excluding hydrogens is 238 g/mol. The highest BCUT2D eigenvalue weighted by atomic mass is 16.5. The van der Waals surface area contributed by atoms with E-state index in [1.165, 1.54) is 18.4 Å². The number of morpholine rings is 1. The lowest BCUT2D eigenvalue weighted by atomic mass is 10.2. The highest BCUT2D eigenvalue weighted by Gasteiger charge is 2.32. The predicted octanol–water partition coefficient (Wildman–Crippen LogP) is 1.34. The summed E-state index contributed by atoms with van der Waals surface area (Å²) in [4.78, 5) is 6.90. The van der Waals surface area contributed by atoms with Crippen molar-refractivity contribution >= 4 is 0 Å². The first-order chi connectivity index (χ1) is 9.33. The standard InChI is InChI=1S/C15H23N3O/c1-12-13(3-2-6-17-12)9-16-10-15-11-18(7-8-19-15)14-4-5-14/h2-3,6,14-16H,4-5,7-11H2,1H3. The van der Waals surface area contributed by atoms with E-state index in [1.54, 1.807) is 0 Å². The van der Waals surface area contributed by atoms with Crippen molar-refractivity contribution in [3.05, 3.63) is 29.6 Å². The second kappa shape index (κ2) is 5.99. The van der Waals surface area contributed by atoms with Gasteiger partial charge in [-0.3, -0.25) is 9.88 Å². The number of aryl methyl sites for hydroxylation is 1. The van der Waals surface area contributed by atoms with Crippen LogP contribution in [0, 0.1) is 6.92 Å². The molecule has 0 spiro atoms. The van der Waals surface area contributed by atoms with Crippen molar-refractivity contribution in [2.24, 2.45) is 0 Å². The molecule has 1 aromatic heterocycles. The Kier molecular flexibility index (Phi) is 4.11. The maximum atomic E-state index is 5.83. The Balaban J connectivity index is 1.43. The highest BCUT2D eigenvalue weighted by Crippen LogP contribution is 2.28. The molecule has 2 fully saturated rings. The normalized spacial score (nSPS) is 24.6. The molecule has 1 N–H and O–H groups in total. The number of pyridine rings is 1. The molecule has 1 atom stereocenters. The van der Waals surface area contributed by atoms with Gasteiger partial charge in [-0.05, 0) is 31.4 Å². The lowest BCUT2D eigenvalue weighted by Crippen LogP contribution is -2.47.